The fraction of sp³-hybridized carbons (Fsp3) is 0.278. The molecule has 0 radical (unpaired) electrons. The normalized spacial score (nSPS) is 11.0. The number of carbonyl (C=O) groups excluding carboxylic acids is 1. The van der Waals surface area contributed by atoms with Crippen molar-refractivity contribution in [2.75, 3.05) is 13.7 Å². The molecule has 0 bridgehead atoms. The molecule has 0 aliphatic rings. The fourth-order valence-electron chi connectivity index (χ4n) is 2.44. The van der Waals surface area contributed by atoms with E-state index >= 15 is 0 Å². The van der Waals surface area contributed by atoms with E-state index in [2.05, 4.69) is 0 Å². The van der Waals surface area contributed by atoms with Gasteiger partial charge in [0, 0.05) is 11.6 Å². The van der Waals surface area contributed by atoms with Crippen LogP contribution in [0, 0.1) is 10.1 Å². The van der Waals surface area contributed by atoms with Crippen molar-refractivity contribution in [3.05, 3.63) is 63.2 Å². The molecule has 28 heavy (non-hydrogen) atoms. The Labute approximate surface area is 157 Å². The van der Waals surface area contributed by atoms with E-state index in [0.717, 1.165) is 24.3 Å². The number of nitro groups is 1. The van der Waals surface area contributed by atoms with Gasteiger partial charge in [-0.25, -0.2) is 4.79 Å². The standard InChI is InChI=1S/C18H16F3NO6/c1-3-27-16-8-12(14(22(24)25)9-15(16)26-2)17(23)28-10-11-6-4-5-7-13(11)18(19,20)21/h4-9H,3,10H2,1-2H3. The predicted molar refractivity (Wildman–Crippen MR) is 91.4 cm³/mol. The van der Waals surface area contributed by atoms with E-state index in [1.807, 2.05) is 0 Å². The molecule has 0 fully saturated rings. The van der Waals surface area contributed by atoms with Gasteiger partial charge < -0.3 is 14.2 Å². The maximum Gasteiger partial charge on any atom is 0.416 e. The van der Waals surface area contributed by atoms with E-state index in [4.69, 9.17) is 14.2 Å². The van der Waals surface area contributed by atoms with Crippen LogP contribution < -0.4 is 9.47 Å². The van der Waals surface area contributed by atoms with Crippen LogP contribution in [0.25, 0.3) is 0 Å². The SMILES string of the molecule is CCOc1cc(C(=O)OCc2ccccc2C(F)(F)F)c([N+](=O)[O-])cc1OC. The van der Waals surface area contributed by atoms with Crippen LogP contribution in [0.4, 0.5) is 18.9 Å². The summed E-state index contributed by atoms with van der Waals surface area (Å²) in [5.41, 5.74) is -2.31. The number of esters is 1. The van der Waals surface area contributed by atoms with Gasteiger partial charge >= 0.3 is 12.1 Å². The minimum Gasteiger partial charge on any atom is -0.493 e. The van der Waals surface area contributed by atoms with Crippen molar-refractivity contribution in [2.24, 2.45) is 0 Å². The molecule has 0 aromatic heterocycles. The molecule has 0 heterocycles. The molecular formula is C18H16F3NO6. The van der Waals surface area contributed by atoms with Gasteiger partial charge in [-0.15, -0.1) is 0 Å². The molecule has 0 unspecified atom stereocenters. The second-order valence-corrected chi connectivity index (χ2v) is 5.44. The Kier molecular flexibility index (Phi) is 6.45. The van der Waals surface area contributed by atoms with E-state index in [-0.39, 0.29) is 23.7 Å². The van der Waals surface area contributed by atoms with Crippen molar-refractivity contribution in [2.45, 2.75) is 19.7 Å². The molecule has 7 nitrogen and oxygen atoms in total. The van der Waals surface area contributed by atoms with Gasteiger partial charge in [0.05, 0.1) is 30.3 Å². The quantitative estimate of drug-likeness (QED) is 0.390. The summed E-state index contributed by atoms with van der Waals surface area (Å²) in [6.45, 7) is 1.15. The van der Waals surface area contributed by atoms with Crippen LogP contribution in [-0.4, -0.2) is 24.6 Å². The third kappa shape index (κ3) is 4.70. The molecule has 0 saturated heterocycles. The van der Waals surface area contributed by atoms with Crippen LogP contribution in [0.3, 0.4) is 0 Å². The van der Waals surface area contributed by atoms with Gasteiger partial charge in [-0.3, -0.25) is 10.1 Å². The van der Waals surface area contributed by atoms with Gasteiger partial charge in [-0.05, 0) is 13.0 Å². The third-order valence-electron chi connectivity index (χ3n) is 3.68. The van der Waals surface area contributed by atoms with Gasteiger partial charge in [-0.2, -0.15) is 13.2 Å². The molecule has 0 amide bonds. The Morgan fingerprint density at radius 3 is 2.43 bits per heavy atom. The average molecular weight is 399 g/mol. The summed E-state index contributed by atoms with van der Waals surface area (Å²) in [6, 6.07) is 6.64. The summed E-state index contributed by atoms with van der Waals surface area (Å²) in [5, 5.41) is 11.3. The van der Waals surface area contributed by atoms with Gasteiger partial charge in [0.15, 0.2) is 11.5 Å². The predicted octanol–water partition coefficient (Wildman–Crippen LogP) is 4.38. The zero-order chi connectivity index (χ0) is 20.9. The topological polar surface area (TPSA) is 87.9 Å². The summed E-state index contributed by atoms with van der Waals surface area (Å²) in [6.07, 6.45) is -4.63. The highest BCUT2D eigenvalue weighted by molar-refractivity contribution is 5.95. The highest BCUT2D eigenvalue weighted by Gasteiger charge is 2.33. The zero-order valence-electron chi connectivity index (χ0n) is 14.9. The lowest BCUT2D eigenvalue weighted by molar-refractivity contribution is -0.385. The minimum atomic E-state index is -4.63. The number of alkyl halides is 3. The summed E-state index contributed by atoms with van der Waals surface area (Å²) < 4.78 is 54.3. The second-order valence-electron chi connectivity index (χ2n) is 5.44. The van der Waals surface area contributed by atoms with Crippen molar-refractivity contribution >= 4 is 11.7 Å². The zero-order valence-corrected chi connectivity index (χ0v) is 14.9. The molecule has 150 valence electrons. The first-order chi connectivity index (χ1) is 13.2. The average Bonchev–Trinajstić information content (AvgIpc) is 2.65. The monoisotopic (exact) mass is 399 g/mol. The van der Waals surface area contributed by atoms with E-state index < -0.39 is 40.5 Å². The largest absolute Gasteiger partial charge is 0.493 e. The first-order valence-electron chi connectivity index (χ1n) is 8.00. The van der Waals surface area contributed by atoms with Crippen LogP contribution in [0.5, 0.6) is 11.5 Å². The molecule has 0 aliphatic heterocycles. The summed E-state index contributed by atoms with van der Waals surface area (Å²) in [4.78, 5) is 22.8. The first kappa shape index (κ1) is 21.0. The molecule has 10 heteroatoms. The van der Waals surface area contributed by atoms with Crippen molar-refractivity contribution in [3.8, 4) is 11.5 Å². The number of hydrogen-bond donors (Lipinski definition) is 0. The van der Waals surface area contributed by atoms with Crippen molar-refractivity contribution in [3.63, 3.8) is 0 Å². The number of methoxy groups -OCH3 is 1. The molecular weight excluding hydrogens is 383 g/mol. The number of carbonyl (C=O) groups is 1. The lowest BCUT2D eigenvalue weighted by atomic mass is 10.1. The minimum absolute atomic E-state index is 0.0347. The Bertz CT molecular complexity index is 882. The number of rotatable bonds is 7. The van der Waals surface area contributed by atoms with Crippen LogP contribution in [0.2, 0.25) is 0 Å². The number of nitrogens with zero attached hydrogens (tertiary/aromatic N) is 1. The third-order valence-corrected chi connectivity index (χ3v) is 3.68. The Morgan fingerprint density at radius 1 is 1.18 bits per heavy atom. The van der Waals surface area contributed by atoms with Crippen LogP contribution >= 0.6 is 0 Å². The Morgan fingerprint density at radius 2 is 1.86 bits per heavy atom. The van der Waals surface area contributed by atoms with Crippen molar-refractivity contribution < 1.29 is 37.1 Å². The van der Waals surface area contributed by atoms with Crippen LogP contribution in [-0.2, 0) is 17.5 Å². The molecule has 2 aromatic carbocycles. The number of benzene rings is 2. The lowest BCUT2D eigenvalue weighted by Crippen LogP contribution is -2.13. The second kappa shape index (κ2) is 8.59. The highest BCUT2D eigenvalue weighted by atomic mass is 19.4. The molecule has 0 atom stereocenters. The fourth-order valence-corrected chi connectivity index (χ4v) is 2.44. The Balaban J connectivity index is 2.34. The molecule has 0 spiro atoms. The van der Waals surface area contributed by atoms with E-state index in [1.165, 1.54) is 19.2 Å². The Hall–Kier alpha value is -3.30. The highest BCUT2D eigenvalue weighted by Crippen LogP contribution is 2.36. The van der Waals surface area contributed by atoms with E-state index in [1.54, 1.807) is 6.92 Å². The molecule has 2 rings (SSSR count). The number of hydrogen-bond acceptors (Lipinski definition) is 6. The smallest absolute Gasteiger partial charge is 0.416 e. The van der Waals surface area contributed by atoms with Gasteiger partial charge in [0.1, 0.15) is 12.2 Å². The van der Waals surface area contributed by atoms with Crippen LogP contribution in [0.15, 0.2) is 36.4 Å². The van der Waals surface area contributed by atoms with Crippen molar-refractivity contribution in [1.29, 1.82) is 0 Å². The summed E-state index contributed by atoms with van der Waals surface area (Å²) in [5.74, 6) is -1.06. The molecule has 0 aliphatic carbocycles. The maximum atomic E-state index is 13.0. The number of ether oxygens (including phenoxy) is 3. The van der Waals surface area contributed by atoms with E-state index in [9.17, 15) is 28.1 Å². The lowest BCUT2D eigenvalue weighted by Gasteiger charge is -2.14. The first-order valence-corrected chi connectivity index (χ1v) is 8.00. The molecule has 0 N–H and O–H groups in total. The van der Waals surface area contributed by atoms with Gasteiger partial charge in [0.25, 0.3) is 5.69 Å². The maximum absolute atomic E-state index is 13.0. The van der Waals surface area contributed by atoms with Crippen LogP contribution in [0.1, 0.15) is 28.4 Å². The number of halogens is 3. The molecule has 0 saturated carbocycles. The van der Waals surface area contributed by atoms with Gasteiger partial charge in [-0.1, -0.05) is 18.2 Å². The van der Waals surface area contributed by atoms with E-state index in [0.29, 0.717) is 0 Å². The van der Waals surface area contributed by atoms with Crippen molar-refractivity contribution in [1.82, 2.24) is 0 Å². The molecule has 2 aromatic rings. The number of nitro benzene ring substituents is 1. The summed E-state index contributed by atoms with van der Waals surface area (Å²) in [7, 11) is 1.27. The summed E-state index contributed by atoms with van der Waals surface area (Å²) >= 11 is 0. The van der Waals surface area contributed by atoms with Gasteiger partial charge in [0.2, 0.25) is 0 Å².